The van der Waals surface area contributed by atoms with Crippen molar-refractivity contribution in [2.24, 2.45) is 0 Å². The lowest BCUT2D eigenvalue weighted by Crippen LogP contribution is -2.48. The molecule has 2 fully saturated rings. The molecule has 0 radical (unpaired) electrons. The molecule has 3 N–H and O–H groups in total. The minimum absolute atomic E-state index is 0.0141. The number of rotatable bonds is 5. The first kappa shape index (κ1) is 21.4. The van der Waals surface area contributed by atoms with E-state index >= 15 is 0 Å². The van der Waals surface area contributed by atoms with E-state index in [1.807, 2.05) is 0 Å². The van der Waals surface area contributed by atoms with Gasteiger partial charge in [-0.25, -0.2) is 8.78 Å². The highest BCUT2D eigenvalue weighted by atomic mass is 19.1. The molecule has 9 heteroatoms. The number of nitrogens with one attached hydrogen (secondary N) is 3. The zero-order valence-electron chi connectivity index (χ0n) is 17.3. The highest BCUT2D eigenvalue weighted by Crippen LogP contribution is 2.25. The fourth-order valence-electron chi connectivity index (χ4n) is 4.57. The molecule has 31 heavy (non-hydrogen) atoms. The normalized spacial score (nSPS) is 18.6. The maximum absolute atomic E-state index is 13.9. The second-order valence-electron chi connectivity index (χ2n) is 8.27. The van der Waals surface area contributed by atoms with Crippen LogP contribution in [0.15, 0.2) is 24.4 Å². The Balaban J connectivity index is 1.34. The van der Waals surface area contributed by atoms with Crippen LogP contribution in [0.3, 0.4) is 0 Å². The van der Waals surface area contributed by atoms with Crippen molar-refractivity contribution < 1.29 is 18.4 Å². The third-order valence-electron chi connectivity index (χ3n) is 6.25. The minimum Gasteiger partial charge on any atom is -0.348 e. The Bertz CT molecular complexity index is 913. The lowest BCUT2D eigenvalue weighted by atomic mass is 9.92. The summed E-state index contributed by atoms with van der Waals surface area (Å²) in [6.07, 6.45) is 9.47. The van der Waals surface area contributed by atoms with Gasteiger partial charge in [0.2, 0.25) is 0 Å². The van der Waals surface area contributed by atoms with Gasteiger partial charge in [0, 0.05) is 31.4 Å². The van der Waals surface area contributed by atoms with E-state index < -0.39 is 29.0 Å². The predicted molar refractivity (Wildman–Crippen MR) is 112 cm³/mol. The number of carbonyl (C=O) groups excluding carboxylic acids is 2. The van der Waals surface area contributed by atoms with E-state index in [1.165, 1.54) is 44.4 Å². The summed E-state index contributed by atoms with van der Waals surface area (Å²) in [5, 5.41) is 11.8. The van der Waals surface area contributed by atoms with Gasteiger partial charge in [0.25, 0.3) is 11.8 Å². The maximum atomic E-state index is 13.9. The SMILES string of the molecule is O=C(NC1CCN(C2CCCCC2)CC1)c1n[nH]cc1NC(=O)c1c(F)cccc1F. The third kappa shape index (κ3) is 4.92. The number of amides is 2. The molecule has 2 aromatic rings. The first-order chi connectivity index (χ1) is 15.0. The van der Waals surface area contributed by atoms with Crippen molar-refractivity contribution in [2.45, 2.75) is 57.0 Å². The van der Waals surface area contributed by atoms with Gasteiger partial charge in [-0.05, 0) is 37.8 Å². The van der Waals surface area contributed by atoms with E-state index in [-0.39, 0.29) is 17.4 Å². The van der Waals surface area contributed by atoms with Crippen molar-refractivity contribution >= 4 is 17.5 Å². The van der Waals surface area contributed by atoms with E-state index in [4.69, 9.17) is 0 Å². The van der Waals surface area contributed by atoms with Crippen molar-refractivity contribution in [1.82, 2.24) is 20.4 Å². The highest BCUT2D eigenvalue weighted by Gasteiger charge is 2.28. The number of carbonyl (C=O) groups is 2. The van der Waals surface area contributed by atoms with Gasteiger partial charge in [0.15, 0.2) is 5.69 Å². The summed E-state index contributed by atoms with van der Waals surface area (Å²) in [6.45, 7) is 1.90. The monoisotopic (exact) mass is 431 g/mol. The minimum atomic E-state index is -0.980. The number of hydrogen-bond donors (Lipinski definition) is 3. The van der Waals surface area contributed by atoms with Gasteiger partial charge in [-0.3, -0.25) is 14.7 Å². The molecular weight excluding hydrogens is 404 g/mol. The molecule has 4 rings (SSSR count). The fourth-order valence-corrected chi connectivity index (χ4v) is 4.57. The van der Waals surface area contributed by atoms with Gasteiger partial charge in [0.1, 0.15) is 17.2 Å². The Morgan fingerprint density at radius 1 is 1.00 bits per heavy atom. The smallest absolute Gasteiger partial charge is 0.274 e. The lowest BCUT2D eigenvalue weighted by molar-refractivity contribution is 0.0861. The molecule has 1 saturated heterocycles. The summed E-state index contributed by atoms with van der Waals surface area (Å²) in [6, 6.07) is 3.87. The second kappa shape index (κ2) is 9.55. The van der Waals surface area contributed by atoms with Crippen LogP contribution in [-0.4, -0.2) is 52.1 Å². The molecule has 0 unspecified atom stereocenters. The van der Waals surface area contributed by atoms with Gasteiger partial charge < -0.3 is 15.5 Å². The van der Waals surface area contributed by atoms with Crippen LogP contribution in [0.2, 0.25) is 0 Å². The number of piperidine rings is 1. The Kier molecular flexibility index (Phi) is 6.60. The molecule has 2 aliphatic rings. The second-order valence-corrected chi connectivity index (χ2v) is 8.27. The molecule has 1 aliphatic carbocycles. The van der Waals surface area contributed by atoms with Crippen LogP contribution in [0.5, 0.6) is 0 Å². The number of hydrogen-bond acceptors (Lipinski definition) is 4. The molecule has 7 nitrogen and oxygen atoms in total. The Hall–Kier alpha value is -2.81. The number of benzene rings is 1. The molecule has 2 amide bonds. The largest absolute Gasteiger partial charge is 0.348 e. The third-order valence-corrected chi connectivity index (χ3v) is 6.25. The van der Waals surface area contributed by atoms with Crippen LogP contribution in [0, 0.1) is 11.6 Å². The van der Waals surface area contributed by atoms with Crippen LogP contribution < -0.4 is 10.6 Å². The summed E-state index contributed by atoms with van der Waals surface area (Å²) >= 11 is 0. The number of aromatic amines is 1. The zero-order valence-corrected chi connectivity index (χ0v) is 17.3. The number of anilines is 1. The van der Waals surface area contributed by atoms with Crippen molar-refractivity contribution in [3.8, 4) is 0 Å². The number of aromatic nitrogens is 2. The molecule has 166 valence electrons. The Morgan fingerprint density at radius 2 is 1.68 bits per heavy atom. The Morgan fingerprint density at radius 3 is 2.35 bits per heavy atom. The van der Waals surface area contributed by atoms with Gasteiger partial charge >= 0.3 is 0 Å². The first-order valence-electron chi connectivity index (χ1n) is 10.9. The summed E-state index contributed by atoms with van der Waals surface area (Å²) in [7, 11) is 0. The number of H-pyrrole nitrogens is 1. The van der Waals surface area contributed by atoms with Crippen molar-refractivity contribution in [3.05, 3.63) is 47.3 Å². The van der Waals surface area contributed by atoms with Crippen molar-refractivity contribution in [3.63, 3.8) is 0 Å². The molecule has 0 bridgehead atoms. The molecule has 1 aromatic heterocycles. The summed E-state index contributed by atoms with van der Waals surface area (Å²) in [5.41, 5.74) is -0.644. The average molecular weight is 431 g/mol. The van der Waals surface area contributed by atoms with Gasteiger partial charge in [-0.15, -0.1) is 0 Å². The van der Waals surface area contributed by atoms with Crippen LogP contribution >= 0.6 is 0 Å². The van der Waals surface area contributed by atoms with Crippen molar-refractivity contribution in [2.75, 3.05) is 18.4 Å². The van der Waals surface area contributed by atoms with E-state index in [0.29, 0.717) is 6.04 Å². The molecule has 0 spiro atoms. The van der Waals surface area contributed by atoms with Gasteiger partial charge in [-0.1, -0.05) is 25.3 Å². The van der Waals surface area contributed by atoms with E-state index in [9.17, 15) is 18.4 Å². The topological polar surface area (TPSA) is 90.1 Å². The molecule has 0 atom stereocenters. The molecule has 2 heterocycles. The lowest BCUT2D eigenvalue weighted by Gasteiger charge is -2.39. The van der Waals surface area contributed by atoms with Crippen LogP contribution in [0.1, 0.15) is 65.8 Å². The van der Waals surface area contributed by atoms with E-state index in [0.717, 1.165) is 38.1 Å². The van der Waals surface area contributed by atoms with Gasteiger partial charge in [0.05, 0.1) is 5.69 Å². The number of halogens is 2. The number of nitrogens with zero attached hydrogens (tertiary/aromatic N) is 2. The fraction of sp³-hybridized carbons (Fsp3) is 0.500. The van der Waals surface area contributed by atoms with Crippen LogP contribution in [-0.2, 0) is 0 Å². The van der Waals surface area contributed by atoms with Crippen LogP contribution in [0.4, 0.5) is 14.5 Å². The van der Waals surface area contributed by atoms with Crippen LogP contribution in [0.25, 0.3) is 0 Å². The standard InChI is InChI=1S/C22H27F2N5O2/c23-16-7-4-8-17(24)19(16)21(30)27-18-13-25-28-20(18)22(31)26-14-9-11-29(12-10-14)15-5-2-1-3-6-15/h4,7-8,13-15H,1-3,5-6,9-12H2,(H,25,28)(H,26,31)(H,27,30). The molecule has 1 saturated carbocycles. The van der Waals surface area contributed by atoms with Crippen molar-refractivity contribution in [1.29, 1.82) is 0 Å². The molecular formula is C22H27F2N5O2. The average Bonchev–Trinajstić information content (AvgIpc) is 3.23. The molecule has 1 aliphatic heterocycles. The number of likely N-dealkylation sites (tertiary alicyclic amines) is 1. The summed E-state index contributed by atoms with van der Waals surface area (Å²) in [4.78, 5) is 27.6. The Labute approximate surface area is 179 Å². The summed E-state index contributed by atoms with van der Waals surface area (Å²) in [5.74, 6) is -3.36. The maximum Gasteiger partial charge on any atom is 0.274 e. The summed E-state index contributed by atoms with van der Waals surface area (Å²) < 4.78 is 27.7. The van der Waals surface area contributed by atoms with E-state index in [1.54, 1.807) is 0 Å². The zero-order chi connectivity index (χ0) is 21.8. The first-order valence-corrected chi connectivity index (χ1v) is 10.9. The van der Waals surface area contributed by atoms with Gasteiger partial charge in [-0.2, -0.15) is 5.10 Å². The highest BCUT2D eigenvalue weighted by molar-refractivity contribution is 6.08. The predicted octanol–water partition coefficient (Wildman–Crippen LogP) is 3.47. The van der Waals surface area contributed by atoms with E-state index in [2.05, 4.69) is 25.7 Å². The molecule has 1 aromatic carbocycles. The quantitative estimate of drug-likeness (QED) is 0.676.